The lowest BCUT2D eigenvalue weighted by atomic mass is 10.2. The second-order valence-electron chi connectivity index (χ2n) is 4.35. The van der Waals surface area contributed by atoms with Gasteiger partial charge in [0.2, 0.25) is 0 Å². The summed E-state index contributed by atoms with van der Waals surface area (Å²) >= 11 is 5.81. The van der Waals surface area contributed by atoms with Crippen molar-refractivity contribution in [3.8, 4) is 11.4 Å². The van der Waals surface area contributed by atoms with Crippen LogP contribution < -0.4 is 16.1 Å². The molecule has 0 radical (unpaired) electrons. The van der Waals surface area contributed by atoms with E-state index in [1.165, 1.54) is 19.2 Å². The molecule has 0 bridgehead atoms. The zero-order chi connectivity index (χ0) is 15.0. The van der Waals surface area contributed by atoms with Gasteiger partial charge in [0.1, 0.15) is 11.3 Å². The molecule has 1 aromatic heterocycles. The third kappa shape index (κ3) is 2.32. The van der Waals surface area contributed by atoms with Crippen molar-refractivity contribution in [1.29, 1.82) is 0 Å². The number of ether oxygens (including phenoxy) is 1. The molecule has 21 heavy (non-hydrogen) atoms. The molecule has 5 nitrogen and oxygen atoms in total. The highest BCUT2D eigenvalue weighted by Crippen LogP contribution is 2.17. The van der Waals surface area contributed by atoms with E-state index in [1.54, 1.807) is 30.3 Å². The Morgan fingerprint density at radius 3 is 2.48 bits per heavy atom. The fourth-order valence-corrected chi connectivity index (χ4v) is 2.17. The van der Waals surface area contributed by atoms with Crippen molar-refractivity contribution in [2.75, 3.05) is 7.11 Å². The third-order valence-corrected chi connectivity index (χ3v) is 3.34. The van der Waals surface area contributed by atoms with Gasteiger partial charge in [-0.05, 0) is 42.5 Å². The van der Waals surface area contributed by atoms with Gasteiger partial charge in [-0.1, -0.05) is 11.6 Å². The van der Waals surface area contributed by atoms with E-state index >= 15 is 0 Å². The first-order valence-corrected chi connectivity index (χ1v) is 6.48. The maximum Gasteiger partial charge on any atom is 0.426 e. The topological polar surface area (TPSA) is 61.4 Å². The Labute approximate surface area is 124 Å². The zero-order valence-corrected chi connectivity index (χ0v) is 11.8. The number of halogens is 1. The molecule has 0 unspecified atom stereocenters. The van der Waals surface area contributed by atoms with Crippen molar-refractivity contribution in [2.24, 2.45) is 0 Å². The maximum absolute atomic E-state index is 12.5. The van der Waals surface area contributed by atoms with E-state index in [9.17, 15) is 9.59 Å². The van der Waals surface area contributed by atoms with Crippen LogP contribution >= 0.6 is 11.6 Å². The first-order valence-electron chi connectivity index (χ1n) is 6.10. The van der Waals surface area contributed by atoms with Crippen LogP contribution in [-0.2, 0) is 0 Å². The van der Waals surface area contributed by atoms with Gasteiger partial charge in [-0.15, -0.1) is 0 Å². The summed E-state index contributed by atoms with van der Waals surface area (Å²) in [5, 5.41) is 0.780. The minimum Gasteiger partial charge on any atom is -0.497 e. The van der Waals surface area contributed by atoms with Crippen LogP contribution in [0.1, 0.15) is 0 Å². The van der Waals surface area contributed by atoms with Gasteiger partial charge in [-0.25, -0.2) is 9.36 Å². The molecule has 0 spiro atoms. The molecule has 3 aromatic rings. The minimum absolute atomic E-state index is 0.219. The predicted octanol–water partition coefficient (Wildman–Crippen LogP) is 2.61. The molecule has 106 valence electrons. The lowest BCUT2D eigenvalue weighted by Gasteiger charge is -2.06. The van der Waals surface area contributed by atoms with Crippen LogP contribution in [0.25, 0.3) is 16.7 Å². The maximum atomic E-state index is 12.5. The number of hydrogen-bond donors (Lipinski definition) is 0. The first kappa shape index (κ1) is 13.5. The van der Waals surface area contributed by atoms with Crippen molar-refractivity contribution in [3.63, 3.8) is 0 Å². The Morgan fingerprint density at radius 2 is 1.81 bits per heavy atom. The number of hydrogen-bond acceptors (Lipinski definition) is 4. The van der Waals surface area contributed by atoms with Crippen molar-refractivity contribution in [3.05, 3.63) is 68.4 Å². The van der Waals surface area contributed by atoms with E-state index in [4.69, 9.17) is 20.8 Å². The quantitative estimate of drug-likeness (QED) is 0.730. The molecular weight excluding hydrogens is 294 g/mol. The Kier molecular flexibility index (Phi) is 3.27. The van der Waals surface area contributed by atoms with Gasteiger partial charge in [0.15, 0.2) is 0 Å². The fraction of sp³-hybridized carbons (Fsp3) is 0.0667. The van der Waals surface area contributed by atoms with Gasteiger partial charge in [-0.3, -0.25) is 4.79 Å². The van der Waals surface area contributed by atoms with E-state index in [2.05, 4.69) is 0 Å². The smallest absolute Gasteiger partial charge is 0.426 e. The highest BCUT2D eigenvalue weighted by atomic mass is 35.5. The van der Waals surface area contributed by atoms with Crippen LogP contribution in [-0.4, -0.2) is 11.7 Å². The van der Waals surface area contributed by atoms with E-state index in [0.717, 1.165) is 4.57 Å². The molecule has 1 heterocycles. The SMILES string of the molecule is COc1ccc2oc(=O)n(-c3ccc(Cl)cc3)c(=O)c2c1. The van der Waals surface area contributed by atoms with Gasteiger partial charge in [0.25, 0.3) is 5.56 Å². The van der Waals surface area contributed by atoms with E-state index in [0.29, 0.717) is 16.5 Å². The van der Waals surface area contributed by atoms with Gasteiger partial charge < -0.3 is 9.15 Å². The summed E-state index contributed by atoms with van der Waals surface area (Å²) < 4.78 is 11.2. The van der Waals surface area contributed by atoms with Crippen molar-refractivity contribution in [1.82, 2.24) is 4.57 Å². The largest absolute Gasteiger partial charge is 0.497 e. The van der Waals surface area contributed by atoms with Gasteiger partial charge in [-0.2, -0.15) is 0 Å². The summed E-state index contributed by atoms with van der Waals surface area (Å²) in [4.78, 5) is 24.5. The number of fused-ring (bicyclic) bond motifs is 1. The van der Waals surface area contributed by atoms with E-state index < -0.39 is 11.3 Å². The summed E-state index contributed by atoms with van der Waals surface area (Å²) in [5.74, 6) is -0.240. The third-order valence-electron chi connectivity index (χ3n) is 3.08. The molecule has 2 aromatic carbocycles. The van der Waals surface area contributed by atoms with Crippen LogP contribution in [0.15, 0.2) is 56.5 Å². The Hall–Kier alpha value is -2.53. The highest BCUT2D eigenvalue weighted by Gasteiger charge is 2.12. The molecule has 0 aliphatic heterocycles. The molecule has 6 heteroatoms. The van der Waals surface area contributed by atoms with Crippen molar-refractivity contribution >= 4 is 22.6 Å². The van der Waals surface area contributed by atoms with Crippen LogP contribution in [0.4, 0.5) is 0 Å². The van der Waals surface area contributed by atoms with E-state index in [-0.39, 0.29) is 11.0 Å². The number of methoxy groups -OCH3 is 1. The summed E-state index contributed by atoms with van der Waals surface area (Å²) in [5.41, 5.74) is 0.140. The number of benzene rings is 2. The van der Waals surface area contributed by atoms with Crippen LogP contribution in [0, 0.1) is 0 Å². The summed E-state index contributed by atoms with van der Waals surface area (Å²) in [6, 6.07) is 11.0. The minimum atomic E-state index is -0.750. The molecular formula is C15H10ClNO4. The van der Waals surface area contributed by atoms with Gasteiger partial charge >= 0.3 is 5.76 Å². The molecule has 0 atom stereocenters. The molecule has 3 rings (SSSR count). The molecule has 0 saturated carbocycles. The second-order valence-corrected chi connectivity index (χ2v) is 4.78. The molecule has 0 saturated heterocycles. The van der Waals surface area contributed by atoms with Gasteiger partial charge in [0, 0.05) is 5.02 Å². The van der Waals surface area contributed by atoms with Crippen LogP contribution in [0.2, 0.25) is 5.02 Å². The molecule has 0 N–H and O–H groups in total. The van der Waals surface area contributed by atoms with Crippen LogP contribution in [0.3, 0.4) is 0 Å². The number of aromatic nitrogens is 1. The number of rotatable bonds is 2. The second kappa shape index (κ2) is 5.10. The van der Waals surface area contributed by atoms with Gasteiger partial charge in [0.05, 0.1) is 18.2 Å². The summed E-state index contributed by atoms with van der Waals surface area (Å²) in [7, 11) is 1.50. The van der Waals surface area contributed by atoms with E-state index in [1.807, 2.05) is 0 Å². The Bertz CT molecular complexity index is 925. The lowest BCUT2D eigenvalue weighted by Crippen LogP contribution is -2.30. The molecule has 0 amide bonds. The predicted molar refractivity (Wildman–Crippen MR) is 79.6 cm³/mol. The standard InChI is InChI=1S/C15H10ClNO4/c1-20-11-6-7-13-12(8-11)14(18)17(15(19)21-13)10-4-2-9(16)3-5-10/h2-8H,1H3. The molecule has 0 fully saturated rings. The fourth-order valence-electron chi connectivity index (χ4n) is 2.05. The monoisotopic (exact) mass is 303 g/mol. The van der Waals surface area contributed by atoms with Crippen LogP contribution in [0.5, 0.6) is 5.75 Å². The average Bonchev–Trinajstić information content (AvgIpc) is 2.49. The normalized spacial score (nSPS) is 10.8. The lowest BCUT2D eigenvalue weighted by molar-refractivity contribution is 0.414. The number of nitrogens with zero attached hydrogens (tertiary/aromatic N) is 1. The highest BCUT2D eigenvalue weighted by molar-refractivity contribution is 6.30. The Balaban J connectivity index is 2.35. The summed E-state index contributed by atoms with van der Waals surface area (Å²) in [6.07, 6.45) is 0. The molecule has 0 aliphatic rings. The average molecular weight is 304 g/mol. The zero-order valence-electron chi connectivity index (χ0n) is 11.0. The first-order chi connectivity index (χ1) is 10.1. The Morgan fingerprint density at radius 1 is 1.10 bits per heavy atom. The summed E-state index contributed by atoms with van der Waals surface area (Å²) in [6.45, 7) is 0. The van der Waals surface area contributed by atoms with Crippen molar-refractivity contribution in [2.45, 2.75) is 0 Å². The molecule has 0 aliphatic carbocycles. The van der Waals surface area contributed by atoms with Crippen molar-refractivity contribution < 1.29 is 9.15 Å².